The molecule has 1 atom stereocenters. The Morgan fingerprint density at radius 3 is 2.72 bits per heavy atom. The van der Waals surface area contributed by atoms with E-state index in [-0.39, 0.29) is 6.04 Å². The molecule has 0 bridgehead atoms. The molecule has 98 valence electrons. The molecule has 0 aliphatic heterocycles. The fourth-order valence-electron chi connectivity index (χ4n) is 1.69. The van der Waals surface area contributed by atoms with E-state index < -0.39 is 0 Å². The molecule has 0 saturated carbocycles. The molecule has 0 fully saturated rings. The van der Waals surface area contributed by atoms with Crippen molar-refractivity contribution in [3.63, 3.8) is 0 Å². The standard InChI is InChI=1S/C12H12BrCl2NOS/c1-2-5-16-11(8-3-4-9(13)17-8)7-6-10(14)18-12(7)15/h3-4,6,11,16H,2,5H2,1H3. The maximum absolute atomic E-state index is 6.22. The minimum absolute atomic E-state index is 0.0625. The molecular formula is C12H12BrCl2NOS. The second kappa shape index (κ2) is 6.44. The lowest BCUT2D eigenvalue weighted by atomic mass is 10.1. The van der Waals surface area contributed by atoms with E-state index >= 15 is 0 Å². The minimum atomic E-state index is -0.0625. The third kappa shape index (κ3) is 3.31. The molecule has 0 amide bonds. The summed E-state index contributed by atoms with van der Waals surface area (Å²) in [6.07, 6.45) is 1.04. The Kier molecular flexibility index (Phi) is 5.15. The molecule has 2 aromatic heterocycles. The highest BCUT2D eigenvalue weighted by Crippen LogP contribution is 2.38. The van der Waals surface area contributed by atoms with Gasteiger partial charge in [-0.05, 0) is 47.1 Å². The third-order valence-corrected chi connectivity index (χ3v) is 4.42. The van der Waals surface area contributed by atoms with Gasteiger partial charge >= 0.3 is 0 Å². The van der Waals surface area contributed by atoms with E-state index in [0.29, 0.717) is 13.3 Å². The van der Waals surface area contributed by atoms with Crippen LogP contribution in [0.4, 0.5) is 0 Å². The number of rotatable bonds is 5. The van der Waals surface area contributed by atoms with Crippen LogP contribution in [0.2, 0.25) is 8.67 Å². The summed E-state index contributed by atoms with van der Waals surface area (Å²) in [6.45, 7) is 3.00. The molecule has 1 N–H and O–H groups in total. The fourth-order valence-corrected chi connectivity index (χ4v) is 3.54. The molecule has 0 aromatic carbocycles. The second-order valence-electron chi connectivity index (χ2n) is 3.81. The fraction of sp³-hybridized carbons (Fsp3) is 0.333. The zero-order valence-electron chi connectivity index (χ0n) is 9.67. The highest BCUT2D eigenvalue weighted by Gasteiger charge is 2.21. The van der Waals surface area contributed by atoms with E-state index in [1.807, 2.05) is 18.2 Å². The van der Waals surface area contributed by atoms with Gasteiger partial charge in [-0.3, -0.25) is 0 Å². The van der Waals surface area contributed by atoms with Crippen molar-refractivity contribution < 1.29 is 4.42 Å². The van der Waals surface area contributed by atoms with Crippen molar-refractivity contribution in [2.45, 2.75) is 19.4 Å². The van der Waals surface area contributed by atoms with Gasteiger partial charge in [-0.2, -0.15) is 0 Å². The van der Waals surface area contributed by atoms with Crippen molar-refractivity contribution in [2.24, 2.45) is 0 Å². The van der Waals surface area contributed by atoms with Gasteiger partial charge in [0.15, 0.2) is 4.67 Å². The number of thiophene rings is 1. The summed E-state index contributed by atoms with van der Waals surface area (Å²) in [7, 11) is 0. The summed E-state index contributed by atoms with van der Waals surface area (Å²) < 4.78 is 7.70. The SMILES string of the molecule is CCCNC(c1ccc(Br)o1)c1cc(Cl)sc1Cl. The molecule has 0 radical (unpaired) electrons. The largest absolute Gasteiger partial charge is 0.452 e. The molecule has 2 nitrogen and oxygen atoms in total. The quantitative estimate of drug-likeness (QED) is 0.753. The van der Waals surface area contributed by atoms with E-state index in [0.717, 1.165) is 24.3 Å². The van der Waals surface area contributed by atoms with Crippen molar-refractivity contribution in [1.29, 1.82) is 0 Å². The van der Waals surface area contributed by atoms with Crippen molar-refractivity contribution in [1.82, 2.24) is 5.32 Å². The number of halogens is 3. The van der Waals surface area contributed by atoms with E-state index in [2.05, 4.69) is 28.2 Å². The van der Waals surface area contributed by atoms with Crippen molar-refractivity contribution in [3.8, 4) is 0 Å². The van der Waals surface area contributed by atoms with Crippen LogP contribution in [0.3, 0.4) is 0 Å². The molecule has 0 saturated heterocycles. The first-order valence-corrected chi connectivity index (χ1v) is 7.91. The van der Waals surface area contributed by atoms with E-state index in [1.54, 1.807) is 0 Å². The summed E-state index contributed by atoms with van der Waals surface area (Å²) in [6, 6.07) is 5.63. The highest BCUT2D eigenvalue weighted by molar-refractivity contribution is 9.10. The normalized spacial score (nSPS) is 12.9. The molecule has 0 aliphatic carbocycles. The van der Waals surface area contributed by atoms with Gasteiger partial charge in [-0.15, -0.1) is 11.3 Å². The maximum Gasteiger partial charge on any atom is 0.169 e. The van der Waals surface area contributed by atoms with E-state index in [1.165, 1.54) is 11.3 Å². The summed E-state index contributed by atoms with van der Waals surface area (Å²) >= 11 is 16.9. The Labute approximate surface area is 128 Å². The summed E-state index contributed by atoms with van der Waals surface area (Å²) in [5.74, 6) is 0.826. The van der Waals surface area contributed by atoms with Gasteiger partial charge < -0.3 is 9.73 Å². The number of nitrogens with one attached hydrogen (secondary N) is 1. The molecule has 18 heavy (non-hydrogen) atoms. The van der Waals surface area contributed by atoms with Crippen LogP contribution < -0.4 is 5.32 Å². The second-order valence-corrected chi connectivity index (χ2v) is 6.88. The first-order valence-electron chi connectivity index (χ1n) is 5.55. The topological polar surface area (TPSA) is 25.2 Å². The van der Waals surface area contributed by atoms with Crippen LogP contribution in [0.15, 0.2) is 27.3 Å². The van der Waals surface area contributed by atoms with Gasteiger partial charge in [0.05, 0.1) is 14.7 Å². The van der Waals surface area contributed by atoms with Crippen molar-refractivity contribution in [2.75, 3.05) is 6.54 Å². The van der Waals surface area contributed by atoms with Crippen LogP contribution in [-0.4, -0.2) is 6.54 Å². The number of hydrogen-bond acceptors (Lipinski definition) is 3. The molecule has 2 heterocycles. The Morgan fingerprint density at radius 1 is 1.44 bits per heavy atom. The maximum atomic E-state index is 6.22. The minimum Gasteiger partial charge on any atom is -0.452 e. The van der Waals surface area contributed by atoms with Crippen molar-refractivity contribution >= 4 is 50.5 Å². The van der Waals surface area contributed by atoms with E-state index in [4.69, 9.17) is 27.6 Å². The predicted molar refractivity (Wildman–Crippen MR) is 80.9 cm³/mol. The molecule has 0 aliphatic rings. The average Bonchev–Trinajstić information content (AvgIpc) is 2.87. The lowest BCUT2D eigenvalue weighted by molar-refractivity contribution is 0.433. The van der Waals surface area contributed by atoms with E-state index in [9.17, 15) is 0 Å². The smallest absolute Gasteiger partial charge is 0.169 e. The third-order valence-electron chi connectivity index (χ3n) is 2.47. The average molecular weight is 369 g/mol. The van der Waals surface area contributed by atoms with Crippen molar-refractivity contribution in [3.05, 3.63) is 42.9 Å². The van der Waals surface area contributed by atoms with Gasteiger partial charge in [0, 0.05) is 5.56 Å². The molecule has 2 aromatic rings. The highest BCUT2D eigenvalue weighted by atomic mass is 79.9. The summed E-state index contributed by atoms with van der Waals surface area (Å²) in [5, 5.41) is 3.42. The number of hydrogen-bond donors (Lipinski definition) is 1. The van der Waals surface area contributed by atoms with Crippen LogP contribution in [0.1, 0.15) is 30.7 Å². The van der Waals surface area contributed by atoms with Gasteiger partial charge in [0.1, 0.15) is 5.76 Å². The van der Waals surface area contributed by atoms with Gasteiger partial charge in [-0.1, -0.05) is 30.1 Å². The zero-order valence-corrected chi connectivity index (χ0v) is 13.6. The van der Waals surface area contributed by atoms with Gasteiger partial charge in [-0.25, -0.2) is 0 Å². The van der Waals surface area contributed by atoms with Crippen LogP contribution in [0.5, 0.6) is 0 Å². The predicted octanol–water partition coefficient (Wildman–Crippen LogP) is 5.50. The van der Waals surface area contributed by atoms with Crippen LogP contribution in [0, 0.1) is 0 Å². The first kappa shape index (κ1) is 14.4. The van der Waals surface area contributed by atoms with Gasteiger partial charge in [0.2, 0.25) is 0 Å². The molecule has 1 unspecified atom stereocenters. The van der Waals surface area contributed by atoms with Crippen LogP contribution >= 0.6 is 50.5 Å². The monoisotopic (exact) mass is 367 g/mol. The lowest BCUT2D eigenvalue weighted by Gasteiger charge is -2.15. The molecule has 0 spiro atoms. The zero-order chi connectivity index (χ0) is 13.1. The Bertz CT molecular complexity index is 526. The summed E-state index contributed by atoms with van der Waals surface area (Å²) in [4.78, 5) is 0. The first-order chi connectivity index (χ1) is 8.61. The van der Waals surface area contributed by atoms with Gasteiger partial charge in [0.25, 0.3) is 0 Å². The molecule has 6 heteroatoms. The Morgan fingerprint density at radius 2 is 2.22 bits per heavy atom. The molecular weight excluding hydrogens is 357 g/mol. The number of furan rings is 1. The lowest BCUT2D eigenvalue weighted by Crippen LogP contribution is -2.22. The summed E-state index contributed by atoms with van der Waals surface area (Å²) in [5.41, 5.74) is 0.960. The van der Waals surface area contributed by atoms with Crippen LogP contribution in [0.25, 0.3) is 0 Å². The molecule has 2 rings (SSSR count). The Hall–Kier alpha value is -0.0000000000000000555. The van der Waals surface area contributed by atoms with Crippen LogP contribution in [-0.2, 0) is 0 Å². The Balaban J connectivity index is 2.33.